The molecule has 0 fully saturated rings. The lowest BCUT2D eigenvalue weighted by Crippen LogP contribution is -2.37. The summed E-state index contributed by atoms with van der Waals surface area (Å²) < 4.78 is 38.6. The first-order chi connectivity index (χ1) is 7.99. The highest BCUT2D eigenvalue weighted by Gasteiger charge is 2.38. The highest BCUT2D eigenvalue weighted by molar-refractivity contribution is 5.62. The summed E-state index contributed by atoms with van der Waals surface area (Å²) in [5.41, 5.74) is 6.16. The molecular formula is C12H15F3N2. The summed E-state index contributed by atoms with van der Waals surface area (Å²) in [6, 6.07) is 4.33. The molecule has 1 atom stereocenters. The molecule has 0 spiro atoms. The Morgan fingerprint density at radius 3 is 2.65 bits per heavy atom. The van der Waals surface area contributed by atoms with Crippen LogP contribution in [0.3, 0.4) is 0 Å². The van der Waals surface area contributed by atoms with E-state index in [4.69, 9.17) is 5.73 Å². The van der Waals surface area contributed by atoms with Gasteiger partial charge in [-0.2, -0.15) is 13.2 Å². The third-order valence-corrected chi connectivity index (χ3v) is 3.26. The topological polar surface area (TPSA) is 29.3 Å². The zero-order valence-corrected chi connectivity index (χ0v) is 9.59. The van der Waals surface area contributed by atoms with E-state index < -0.39 is 11.7 Å². The number of benzene rings is 1. The second kappa shape index (κ2) is 4.22. The van der Waals surface area contributed by atoms with E-state index in [1.807, 2.05) is 11.8 Å². The second-order valence-electron chi connectivity index (χ2n) is 4.18. The Morgan fingerprint density at radius 2 is 2.12 bits per heavy atom. The van der Waals surface area contributed by atoms with Gasteiger partial charge in [0.05, 0.1) is 5.56 Å². The minimum Gasteiger partial charge on any atom is -0.367 e. The van der Waals surface area contributed by atoms with Crippen molar-refractivity contribution in [3.05, 3.63) is 29.3 Å². The van der Waals surface area contributed by atoms with Gasteiger partial charge in [0.25, 0.3) is 0 Å². The maximum Gasteiger partial charge on any atom is 0.416 e. The molecule has 17 heavy (non-hydrogen) atoms. The van der Waals surface area contributed by atoms with Crippen molar-refractivity contribution in [2.45, 2.75) is 25.6 Å². The molecule has 2 nitrogen and oxygen atoms in total. The van der Waals surface area contributed by atoms with E-state index in [9.17, 15) is 13.2 Å². The van der Waals surface area contributed by atoms with Gasteiger partial charge in [0.1, 0.15) is 0 Å². The Balaban J connectivity index is 2.49. The molecule has 1 unspecified atom stereocenters. The van der Waals surface area contributed by atoms with Gasteiger partial charge in [-0.3, -0.25) is 0 Å². The quantitative estimate of drug-likeness (QED) is 0.865. The van der Waals surface area contributed by atoms with Crippen LogP contribution in [0.25, 0.3) is 0 Å². The van der Waals surface area contributed by atoms with Crippen molar-refractivity contribution in [1.29, 1.82) is 0 Å². The van der Waals surface area contributed by atoms with E-state index in [1.54, 1.807) is 6.07 Å². The third kappa shape index (κ3) is 1.99. The van der Waals surface area contributed by atoms with Crippen LogP contribution in [0.4, 0.5) is 18.9 Å². The summed E-state index contributed by atoms with van der Waals surface area (Å²) in [5, 5.41) is 0. The Kier molecular flexibility index (Phi) is 3.03. The van der Waals surface area contributed by atoms with Crippen molar-refractivity contribution < 1.29 is 13.2 Å². The van der Waals surface area contributed by atoms with Crippen molar-refractivity contribution in [1.82, 2.24) is 0 Å². The van der Waals surface area contributed by atoms with Crippen LogP contribution in [0, 0.1) is 0 Å². The van der Waals surface area contributed by atoms with Crippen LogP contribution < -0.4 is 10.6 Å². The van der Waals surface area contributed by atoms with Crippen LogP contribution in [-0.4, -0.2) is 19.1 Å². The van der Waals surface area contributed by atoms with Gasteiger partial charge in [-0.15, -0.1) is 0 Å². The normalized spacial score (nSPS) is 19.6. The first-order valence-corrected chi connectivity index (χ1v) is 5.64. The van der Waals surface area contributed by atoms with Gasteiger partial charge >= 0.3 is 6.18 Å². The Hall–Kier alpha value is -1.23. The highest BCUT2D eigenvalue weighted by atomic mass is 19.4. The average molecular weight is 244 g/mol. The predicted octanol–water partition coefficient (Wildman–Crippen LogP) is 2.42. The molecule has 1 aliphatic heterocycles. The maximum atomic E-state index is 12.9. The summed E-state index contributed by atoms with van der Waals surface area (Å²) in [5.74, 6) is 0. The van der Waals surface area contributed by atoms with Gasteiger partial charge in [0, 0.05) is 24.8 Å². The fourth-order valence-corrected chi connectivity index (χ4v) is 2.51. The van der Waals surface area contributed by atoms with Gasteiger partial charge in [-0.05, 0) is 31.0 Å². The van der Waals surface area contributed by atoms with E-state index in [1.165, 1.54) is 6.07 Å². The summed E-state index contributed by atoms with van der Waals surface area (Å²) in [4.78, 5) is 1.95. The van der Waals surface area contributed by atoms with Crippen molar-refractivity contribution in [3.8, 4) is 0 Å². The zero-order valence-electron chi connectivity index (χ0n) is 9.59. The SMILES string of the molecule is CCN1c2cccc(C(F)(F)F)c2CC1CN. The molecule has 1 heterocycles. The standard InChI is InChI=1S/C12H15F3N2/c1-2-17-8(7-16)6-9-10(12(13,14)15)4-3-5-11(9)17/h3-5,8H,2,6-7,16H2,1H3. The van der Waals surface area contributed by atoms with Crippen LogP contribution in [0.2, 0.25) is 0 Å². The fraction of sp³-hybridized carbons (Fsp3) is 0.500. The highest BCUT2D eigenvalue weighted by Crippen LogP contribution is 2.41. The zero-order chi connectivity index (χ0) is 12.6. The summed E-state index contributed by atoms with van der Waals surface area (Å²) in [6.45, 7) is 2.98. The average Bonchev–Trinajstić information content (AvgIpc) is 2.64. The molecule has 0 saturated carbocycles. The number of alkyl halides is 3. The number of likely N-dealkylation sites (N-methyl/N-ethyl adjacent to an activating group) is 1. The molecule has 1 aliphatic rings. The number of nitrogens with two attached hydrogens (primary N) is 1. The molecule has 0 aromatic heterocycles. The summed E-state index contributed by atoms with van der Waals surface area (Å²) >= 11 is 0. The van der Waals surface area contributed by atoms with E-state index in [0.29, 0.717) is 30.8 Å². The van der Waals surface area contributed by atoms with Crippen LogP contribution >= 0.6 is 0 Å². The number of fused-ring (bicyclic) bond motifs is 1. The molecule has 0 radical (unpaired) electrons. The Morgan fingerprint density at radius 1 is 1.41 bits per heavy atom. The van der Waals surface area contributed by atoms with E-state index >= 15 is 0 Å². The monoisotopic (exact) mass is 244 g/mol. The molecule has 2 N–H and O–H groups in total. The van der Waals surface area contributed by atoms with Crippen molar-refractivity contribution in [2.75, 3.05) is 18.0 Å². The van der Waals surface area contributed by atoms with Crippen LogP contribution in [0.5, 0.6) is 0 Å². The largest absolute Gasteiger partial charge is 0.416 e. The van der Waals surface area contributed by atoms with E-state index in [-0.39, 0.29) is 6.04 Å². The Labute approximate surface area is 98.2 Å². The van der Waals surface area contributed by atoms with Crippen LogP contribution in [0.15, 0.2) is 18.2 Å². The number of nitrogens with zero attached hydrogens (tertiary/aromatic N) is 1. The number of hydrogen-bond acceptors (Lipinski definition) is 2. The molecule has 0 aliphatic carbocycles. The van der Waals surface area contributed by atoms with Gasteiger partial charge in [-0.1, -0.05) is 6.07 Å². The number of halogens is 3. The molecule has 1 aromatic rings. The lowest BCUT2D eigenvalue weighted by atomic mass is 10.0. The minimum absolute atomic E-state index is 0.0153. The van der Waals surface area contributed by atoms with E-state index in [2.05, 4.69) is 0 Å². The molecule has 0 saturated heterocycles. The first kappa shape index (κ1) is 12.2. The molecule has 1 aromatic carbocycles. The van der Waals surface area contributed by atoms with Crippen molar-refractivity contribution in [3.63, 3.8) is 0 Å². The third-order valence-electron chi connectivity index (χ3n) is 3.26. The van der Waals surface area contributed by atoms with Gasteiger partial charge in [0.15, 0.2) is 0 Å². The number of rotatable bonds is 2. The van der Waals surface area contributed by atoms with Crippen molar-refractivity contribution >= 4 is 5.69 Å². The number of anilines is 1. The fourth-order valence-electron chi connectivity index (χ4n) is 2.51. The maximum absolute atomic E-state index is 12.9. The lowest BCUT2D eigenvalue weighted by molar-refractivity contribution is -0.138. The second-order valence-corrected chi connectivity index (χ2v) is 4.18. The molecule has 2 rings (SSSR count). The van der Waals surface area contributed by atoms with Gasteiger partial charge < -0.3 is 10.6 Å². The van der Waals surface area contributed by atoms with Gasteiger partial charge in [0.2, 0.25) is 0 Å². The smallest absolute Gasteiger partial charge is 0.367 e. The van der Waals surface area contributed by atoms with Crippen LogP contribution in [0.1, 0.15) is 18.1 Å². The Bertz CT molecular complexity index is 415. The number of hydrogen-bond donors (Lipinski definition) is 1. The van der Waals surface area contributed by atoms with E-state index in [0.717, 1.165) is 6.07 Å². The minimum atomic E-state index is -4.28. The van der Waals surface area contributed by atoms with Crippen molar-refractivity contribution in [2.24, 2.45) is 5.73 Å². The predicted molar refractivity (Wildman–Crippen MR) is 61.0 cm³/mol. The van der Waals surface area contributed by atoms with Crippen LogP contribution in [-0.2, 0) is 12.6 Å². The summed E-state index contributed by atoms with van der Waals surface area (Å²) in [7, 11) is 0. The molecule has 0 bridgehead atoms. The molecule has 0 amide bonds. The molecular weight excluding hydrogens is 229 g/mol. The summed E-state index contributed by atoms with van der Waals surface area (Å²) in [6.07, 6.45) is -3.90. The molecule has 5 heteroatoms. The first-order valence-electron chi connectivity index (χ1n) is 5.64. The molecule has 94 valence electrons. The van der Waals surface area contributed by atoms with Gasteiger partial charge in [-0.25, -0.2) is 0 Å². The lowest BCUT2D eigenvalue weighted by Gasteiger charge is -2.24.